The van der Waals surface area contributed by atoms with Crippen LogP contribution in [0.5, 0.6) is 0 Å². The lowest BCUT2D eigenvalue weighted by molar-refractivity contribution is 0.327. The van der Waals surface area contributed by atoms with Gasteiger partial charge < -0.3 is 5.32 Å². The van der Waals surface area contributed by atoms with Crippen LogP contribution in [0.1, 0.15) is 70.5 Å². The predicted octanol–water partition coefficient (Wildman–Crippen LogP) is 3.67. The highest BCUT2D eigenvalue weighted by Gasteiger charge is 2.15. The Balaban J connectivity index is 1.82. The molecule has 1 aromatic heterocycles. The third-order valence-electron chi connectivity index (χ3n) is 3.97. The van der Waals surface area contributed by atoms with Gasteiger partial charge in [-0.2, -0.15) is 5.10 Å². The summed E-state index contributed by atoms with van der Waals surface area (Å²) in [6, 6.07) is 3.41. The molecule has 1 saturated carbocycles. The van der Waals surface area contributed by atoms with E-state index in [9.17, 15) is 0 Å². The van der Waals surface area contributed by atoms with Crippen molar-refractivity contribution in [1.82, 2.24) is 15.1 Å². The summed E-state index contributed by atoms with van der Waals surface area (Å²) in [7, 11) is 0. The molecule has 1 fully saturated rings. The average molecular weight is 249 g/mol. The number of aromatic nitrogens is 2. The Morgan fingerprint density at radius 1 is 1.39 bits per heavy atom. The molecule has 0 amide bonds. The van der Waals surface area contributed by atoms with E-state index in [0.717, 1.165) is 6.54 Å². The van der Waals surface area contributed by atoms with Crippen LogP contribution in [-0.4, -0.2) is 15.8 Å². The molecule has 1 heterocycles. The molecule has 1 N–H and O–H groups in total. The molecule has 1 aliphatic carbocycles. The minimum atomic E-state index is 0.592. The highest BCUT2D eigenvalue weighted by atomic mass is 15.3. The largest absolute Gasteiger partial charge is 0.309 e. The zero-order valence-corrected chi connectivity index (χ0v) is 11.9. The van der Waals surface area contributed by atoms with E-state index in [2.05, 4.69) is 36.1 Å². The molecular weight excluding hydrogens is 222 g/mol. The number of rotatable bonds is 6. The first kappa shape index (κ1) is 13.6. The third kappa shape index (κ3) is 3.84. The number of nitrogens with zero attached hydrogens (tertiary/aromatic N) is 2. The summed E-state index contributed by atoms with van der Waals surface area (Å²) in [4.78, 5) is 0. The van der Waals surface area contributed by atoms with Crippen molar-refractivity contribution in [2.75, 3.05) is 0 Å². The molecule has 0 aromatic carbocycles. The molecule has 1 atom stereocenters. The zero-order chi connectivity index (χ0) is 12.8. The van der Waals surface area contributed by atoms with Gasteiger partial charge in [-0.05, 0) is 32.3 Å². The summed E-state index contributed by atoms with van der Waals surface area (Å²) >= 11 is 0. The normalized spacial score (nSPS) is 19.0. The van der Waals surface area contributed by atoms with E-state index in [0.29, 0.717) is 12.1 Å². The first-order valence-corrected chi connectivity index (χ1v) is 7.57. The first-order valence-electron chi connectivity index (χ1n) is 7.57. The van der Waals surface area contributed by atoms with Crippen LogP contribution in [0.3, 0.4) is 0 Å². The lowest BCUT2D eigenvalue weighted by Crippen LogP contribution is -2.25. The molecule has 1 aromatic rings. The summed E-state index contributed by atoms with van der Waals surface area (Å²) < 4.78 is 2.20. The van der Waals surface area contributed by atoms with Gasteiger partial charge in [0.15, 0.2) is 0 Å². The highest BCUT2D eigenvalue weighted by Crippen LogP contribution is 2.27. The molecule has 0 bridgehead atoms. The minimum Gasteiger partial charge on any atom is -0.309 e. The summed E-state index contributed by atoms with van der Waals surface area (Å²) in [6.45, 7) is 5.39. The number of hydrogen-bond acceptors (Lipinski definition) is 2. The second kappa shape index (κ2) is 6.93. The van der Waals surface area contributed by atoms with Gasteiger partial charge >= 0.3 is 0 Å². The zero-order valence-electron chi connectivity index (χ0n) is 11.9. The van der Waals surface area contributed by atoms with Gasteiger partial charge in [-0.15, -0.1) is 0 Å². The van der Waals surface area contributed by atoms with Crippen molar-refractivity contribution in [3.05, 3.63) is 18.0 Å². The highest BCUT2D eigenvalue weighted by molar-refractivity contribution is 5.00. The predicted molar refractivity (Wildman–Crippen MR) is 75.6 cm³/mol. The molecule has 102 valence electrons. The van der Waals surface area contributed by atoms with E-state index < -0.39 is 0 Å². The van der Waals surface area contributed by atoms with E-state index in [1.807, 2.05) is 0 Å². The van der Waals surface area contributed by atoms with Crippen molar-refractivity contribution in [1.29, 1.82) is 0 Å². The van der Waals surface area contributed by atoms with Gasteiger partial charge in [-0.3, -0.25) is 4.68 Å². The fourth-order valence-electron chi connectivity index (χ4n) is 2.83. The third-order valence-corrected chi connectivity index (χ3v) is 3.97. The molecule has 1 aliphatic rings. The molecule has 18 heavy (non-hydrogen) atoms. The van der Waals surface area contributed by atoms with Crippen LogP contribution in [-0.2, 0) is 6.54 Å². The Bertz CT molecular complexity index is 339. The van der Waals surface area contributed by atoms with Crippen LogP contribution >= 0.6 is 0 Å². The molecule has 0 saturated heterocycles. The van der Waals surface area contributed by atoms with Crippen molar-refractivity contribution in [3.63, 3.8) is 0 Å². The van der Waals surface area contributed by atoms with Gasteiger partial charge in [-0.1, -0.05) is 32.6 Å². The first-order chi connectivity index (χ1) is 8.79. The van der Waals surface area contributed by atoms with Crippen LogP contribution < -0.4 is 5.32 Å². The Morgan fingerprint density at radius 3 is 2.89 bits per heavy atom. The van der Waals surface area contributed by atoms with Gasteiger partial charge in [-0.25, -0.2) is 0 Å². The van der Waals surface area contributed by atoms with Gasteiger partial charge in [0.05, 0.1) is 11.7 Å². The van der Waals surface area contributed by atoms with Crippen molar-refractivity contribution in [3.8, 4) is 0 Å². The molecule has 3 heteroatoms. The van der Waals surface area contributed by atoms with Gasteiger partial charge in [0.2, 0.25) is 0 Å². The van der Waals surface area contributed by atoms with Crippen LogP contribution in [0.25, 0.3) is 0 Å². The summed E-state index contributed by atoms with van der Waals surface area (Å²) in [5.41, 5.74) is 1.18. The van der Waals surface area contributed by atoms with Crippen LogP contribution in [0.15, 0.2) is 12.3 Å². The van der Waals surface area contributed by atoms with Crippen LogP contribution in [0, 0.1) is 0 Å². The maximum Gasteiger partial charge on any atom is 0.0762 e. The SMILES string of the molecule is CCCC(C)NCc1ccn(C2CCCCC2)n1. The van der Waals surface area contributed by atoms with E-state index in [1.165, 1.54) is 50.6 Å². The van der Waals surface area contributed by atoms with Gasteiger partial charge in [0.1, 0.15) is 0 Å². The topological polar surface area (TPSA) is 29.9 Å². The summed E-state index contributed by atoms with van der Waals surface area (Å²) in [5, 5.41) is 8.26. The smallest absolute Gasteiger partial charge is 0.0762 e. The second-order valence-corrected chi connectivity index (χ2v) is 5.65. The Labute approximate surface area is 111 Å². The fourth-order valence-corrected chi connectivity index (χ4v) is 2.83. The fraction of sp³-hybridized carbons (Fsp3) is 0.800. The number of hydrogen-bond donors (Lipinski definition) is 1. The quantitative estimate of drug-likeness (QED) is 0.833. The second-order valence-electron chi connectivity index (χ2n) is 5.65. The number of nitrogens with one attached hydrogen (secondary N) is 1. The Hall–Kier alpha value is -0.830. The molecule has 2 rings (SSSR count). The Kier molecular flexibility index (Phi) is 5.24. The monoisotopic (exact) mass is 249 g/mol. The van der Waals surface area contributed by atoms with Crippen LogP contribution in [0.4, 0.5) is 0 Å². The standard InChI is InChI=1S/C15H27N3/c1-3-7-13(2)16-12-14-10-11-18(17-14)15-8-5-4-6-9-15/h10-11,13,15-16H,3-9,12H2,1-2H3. The maximum atomic E-state index is 4.72. The average Bonchev–Trinajstić information content (AvgIpc) is 2.87. The van der Waals surface area contributed by atoms with Gasteiger partial charge in [0, 0.05) is 18.8 Å². The minimum absolute atomic E-state index is 0.592. The molecule has 1 unspecified atom stereocenters. The van der Waals surface area contributed by atoms with E-state index >= 15 is 0 Å². The van der Waals surface area contributed by atoms with Crippen molar-refractivity contribution in [2.24, 2.45) is 0 Å². The summed E-state index contributed by atoms with van der Waals surface area (Å²) in [6.07, 6.45) is 11.4. The van der Waals surface area contributed by atoms with Gasteiger partial charge in [0.25, 0.3) is 0 Å². The molecule has 3 nitrogen and oxygen atoms in total. The molecule has 0 aliphatic heterocycles. The van der Waals surface area contributed by atoms with Crippen LogP contribution in [0.2, 0.25) is 0 Å². The van der Waals surface area contributed by atoms with Crippen molar-refractivity contribution < 1.29 is 0 Å². The van der Waals surface area contributed by atoms with E-state index in [-0.39, 0.29) is 0 Å². The maximum absolute atomic E-state index is 4.72. The van der Waals surface area contributed by atoms with Crippen molar-refractivity contribution >= 4 is 0 Å². The molecule has 0 radical (unpaired) electrons. The van der Waals surface area contributed by atoms with Crippen molar-refractivity contribution in [2.45, 2.75) is 77.4 Å². The molecule has 0 spiro atoms. The Morgan fingerprint density at radius 2 is 2.17 bits per heavy atom. The summed E-state index contributed by atoms with van der Waals surface area (Å²) in [5.74, 6) is 0. The lowest BCUT2D eigenvalue weighted by Gasteiger charge is -2.21. The van der Waals surface area contributed by atoms with E-state index in [1.54, 1.807) is 0 Å². The van der Waals surface area contributed by atoms with E-state index in [4.69, 9.17) is 5.10 Å². The molecular formula is C15H27N3. The lowest BCUT2D eigenvalue weighted by atomic mass is 9.96.